The molecule has 0 spiro atoms. The molecule has 1 heterocycles. The Labute approximate surface area is 115 Å². The van der Waals surface area contributed by atoms with Gasteiger partial charge in [0.1, 0.15) is 5.82 Å². The fourth-order valence-corrected chi connectivity index (χ4v) is 2.27. The zero-order valence-corrected chi connectivity index (χ0v) is 11.0. The molecule has 94 valence electrons. The zero-order chi connectivity index (χ0) is 13.1. The summed E-state index contributed by atoms with van der Waals surface area (Å²) in [6.07, 6.45) is 1.37. The van der Waals surface area contributed by atoms with Crippen LogP contribution in [0.25, 0.3) is 0 Å². The highest BCUT2D eigenvalue weighted by atomic mass is 35.5. The number of benzene rings is 1. The van der Waals surface area contributed by atoms with Gasteiger partial charge in [-0.25, -0.2) is 4.98 Å². The molecule has 0 amide bonds. The minimum absolute atomic E-state index is 0.434. The van der Waals surface area contributed by atoms with Crippen LogP contribution in [-0.2, 0) is 6.42 Å². The second kappa shape index (κ2) is 5.57. The number of aliphatic hydroxyl groups excluding tert-OH is 1. The van der Waals surface area contributed by atoms with Crippen molar-refractivity contribution in [3.63, 3.8) is 0 Å². The first-order chi connectivity index (χ1) is 8.54. The molecule has 0 saturated heterocycles. The van der Waals surface area contributed by atoms with Gasteiger partial charge < -0.3 is 10.8 Å². The standard InChI is InChI=1S/C13H12Cl2N2O/c14-10-5-9(6-11(15)7-10)12(18)3-8-1-2-17-13(16)4-8/h1-2,4-7,12,18H,3H2,(H2,16,17). The molecule has 5 heteroatoms. The van der Waals surface area contributed by atoms with E-state index in [2.05, 4.69) is 4.98 Å². The third kappa shape index (κ3) is 3.35. The second-order valence-electron chi connectivity index (χ2n) is 4.01. The number of nitrogens with two attached hydrogens (primary N) is 1. The van der Waals surface area contributed by atoms with E-state index in [1.54, 1.807) is 30.5 Å². The lowest BCUT2D eigenvalue weighted by Crippen LogP contribution is -2.03. The SMILES string of the molecule is Nc1cc(CC(O)c2cc(Cl)cc(Cl)c2)ccn1. The summed E-state index contributed by atoms with van der Waals surface area (Å²) < 4.78 is 0. The molecule has 1 atom stereocenters. The Hall–Kier alpha value is -1.29. The Bertz CT molecular complexity index is 540. The van der Waals surface area contributed by atoms with Crippen LogP contribution in [-0.4, -0.2) is 10.1 Å². The maximum Gasteiger partial charge on any atom is 0.123 e. The molecule has 0 aliphatic heterocycles. The number of anilines is 1. The van der Waals surface area contributed by atoms with Gasteiger partial charge >= 0.3 is 0 Å². The lowest BCUT2D eigenvalue weighted by molar-refractivity contribution is 0.178. The minimum atomic E-state index is -0.678. The Morgan fingerprint density at radius 1 is 1.17 bits per heavy atom. The predicted molar refractivity (Wildman–Crippen MR) is 73.8 cm³/mol. The summed E-state index contributed by atoms with van der Waals surface area (Å²) in [6, 6.07) is 8.57. The number of hydrogen-bond donors (Lipinski definition) is 2. The lowest BCUT2D eigenvalue weighted by atomic mass is 10.0. The van der Waals surface area contributed by atoms with Crippen LogP contribution in [0.3, 0.4) is 0 Å². The first-order valence-corrected chi connectivity index (χ1v) is 6.14. The Morgan fingerprint density at radius 3 is 2.44 bits per heavy atom. The van der Waals surface area contributed by atoms with E-state index in [0.717, 1.165) is 5.56 Å². The molecular weight excluding hydrogens is 271 g/mol. The quantitative estimate of drug-likeness (QED) is 0.909. The van der Waals surface area contributed by atoms with Gasteiger partial charge in [-0.2, -0.15) is 0 Å². The van der Waals surface area contributed by atoms with Crippen LogP contribution in [0.4, 0.5) is 5.82 Å². The van der Waals surface area contributed by atoms with Gasteiger partial charge in [0.25, 0.3) is 0 Å². The van der Waals surface area contributed by atoms with E-state index < -0.39 is 6.10 Å². The van der Waals surface area contributed by atoms with Gasteiger partial charge in [0.05, 0.1) is 6.10 Å². The zero-order valence-electron chi connectivity index (χ0n) is 9.48. The van der Waals surface area contributed by atoms with E-state index in [4.69, 9.17) is 28.9 Å². The monoisotopic (exact) mass is 282 g/mol. The summed E-state index contributed by atoms with van der Waals surface area (Å²) in [5, 5.41) is 11.1. The van der Waals surface area contributed by atoms with Gasteiger partial charge in [0.2, 0.25) is 0 Å². The number of nitrogen functional groups attached to an aromatic ring is 1. The summed E-state index contributed by atoms with van der Waals surface area (Å²) in [5.41, 5.74) is 7.18. The molecule has 18 heavy (non-hydrogen) atoms. The number of halogens is 2. The highest BCUT2D eigenvalue weighted by Gasteiger charge is 2.10. The van der Waals surface area contributed by atoms with Gasteiger partial charge in [-0.15, -0.1) is 0 Å². The van der Waals surface area contributed by atoms with Gasteiger partial charge in [-0.05, 0) is 41.5 Å². The van der Waals surface area contributed by atoms with E-state index in [-0.39, 0.29) is 0 Å². The van der Waals surface area contributed by atoms with Crippen molar-refractivity contribution < 1.29 is 5.11 Å². The molecule has 2 rings (SSSR count). The van der Waals surface area contributed by atoms with Crippen molar-refractivity contribution in [1.29, 1.82) is 0 Å². The number of rotatable bonds is 3. The molecule has 0 fully saturated rings. The number of pyridine rings is 1. The van der Waals surface area contributed by atoms with Crippen molar-refractivity contribution in [3.05, 3.63) is 57.7 Å². The molecule has 1 unspecified atom stereocenters. The number of aromatic nitrogens is 1. The molecule has 2 aromatic rings. The van der Waals surface area contributed by atoms with Crippen LogP contribution in [0.2, 0.25) is 10.0 Å². The molecule has 3 N–H and O–H groups in total. The largest absolute Gasteiger partial charge is 0.388 e. The minimum Gasteiger partial charge on any atom is -0.388 e. The molecule has 1 aromatic heterocycles. The topological polar surface area (TPSA) is 59.1 Å². The van der Waals surface area contributed by atoms with E-state index in [0.29, 0.717) is 27.8 Å². The van der Waals surface area contributed by atoms with Crippen LogP contribution in [0.5, 0.6) is 0 Å². The fourth-order valence-electron chi connectivity index (χ4n) is 1.73. The van der Waals surface area contributed by atoms with Gasteiger partial charge in [0, 0.05) is 22.7 Å². The first-order valence-electron chi connectivity index (χ1n) is 5.39. The van der Waals surface area contributed by atoms with E-state index in [1.165, 1.54) is 0 Å². The van der Waals surface area contributed by atoms with Gasteiger partial charge in [-0.3, -0.25) is 0 Å². The van der Waals surface area contributed by atoms with Crippen molar-refractivity contribution >= 4 is 29.0 Å². The molecular formula is C13H12Cl2N2O. The maximum atomic E-state index is 10.1. The van der Waals surface area contributed by atoms with Crippen LogP contribution in [0.1, 0.15) is 17.2 Å². The highest BCUT2D eigenvalue weighted by molar-refractivity contribution is 6.34. The fraction of sp³-hybridized carbons (Fsp3) is 0.154. The summed E-state index contributed by atoms with van der Waals surface area (Å²) in [6.45, 7) is 0. The van der Waals surface area contributed by atoms with Crippen molar-refractivity contribution in [1.82, 2.24) is 4.98 Å². The summed E-state index contributed by atoms with van der Waals surface area (Å²) in [5.74, 6) is 0.434. The highest BCUT2D eigenvalue weighted by Crippen LogP contribution is 2.25. The lowest BCUT2D eigenvalue weighted by Gasteiger charge is -2.12. The molecule has 0 saturated carbocycles. The number of aliphatic hydroxyl groups is 1. The summed E-state index contributed by atoms with van der Waals surface area (Å²) in [4.78, 5) is 3.90. The first kappa shape index (κ1) is 13.1. The Balaban J connectivity index is 2.19. The summed E-state index contributed by atoms with van der Waals surface area (Å²) in [7, 11) is 0. The van der Waals surface area contributed by atoms with Crippen molar-refractivity contribution in [2.45, 2.75) is 12.5 Å². The maximum absolute atomic E-state index is 10.1. The molecule has 0 radical (unpaired) electrons. The predicted octanol–water partition coefficient (Wildman–Crippen LogP) is 3.25. The third-order valence-corrected chi connectivity index (χ3v) is 2.98. The van der Waals surface area contributed by atoms with Crippen molar-refractivity contribution in [3.8, 4) is 0 Å². The average Bonchev–Trinajstić information content (AvgIpc) is 2.27. The van der Waals surface area contributed by atoms with Crippen LogP contribution >= 0.6 is 23.2 Å². The Morgan fingerprint density at radius 2 is 1.83 bits per heavy atom. The van der Waals surface area contributed by atoms with Crippen LogP contribution in [0.15, 0.2) is 36.5 Å². The van der Waals surface area contributed by atoms with Crippen LogP contribution in [0, 0.1) is 0 Å². The van der Waals surface area contributed by atoms with Crippen LogP contribution < -0.4 is 5.73 Å². The van der Waals surface area contributed by atoms with E-state index in [1.807, 2.05) is 6.07 Å². The number of nitrogens with zero attached hydrogens (tertiary/aromatic N) is 1. The number of hydrogen-bond acceptors (Lipinski definition) is 3. The van der Waals surface area contributed by atoms with E-state index >= 15 is 0 Å². The van der Waals surface area contributed by atoms with Crippen molar-refractivity contribution in [2.24, 2.45) is 0 Å². The molecule has 0 aliphatic rings. The average molecular weight is 283 g/mol. The Kier molecular flexibility index (Phi) is 4.07. The molecule has 1 aromatic carbocycles. The third-order valence-electron chi connectivity index (χ3n) is 2.54. The van der Waals surface area contributed by atoms with Gasteiger partial charge in [0.15, 0.2) is 0 Å². The molecule has 0 aliphatic carbocycles. The van der Waals surface area contributed by atoms with Crippen molar-refractivity contribution in [2.75, 3.05) is 5.73 Å². The smallest absolute Gasteiger partial charge is 0.123 e. The second-order valence-corrected chi connectivity index (χ2v) is 4.88. The summed E-state index contributed by atoms with van der Waals surface area (Å²) >= 11 is 11.8. The van der Waals surface area contributed by atoms with Gasteiger partial charge in [-0.1, -0.05) is 23.2 Å². The molecule has 3 nitrogen and oxygen atoms in total. The normalized spacial score (nSPS) is 12.4. The molecule has 0 bridgehead atoms. The van der Waals surface area contributed by atoms with E-state index in [9.17, 15) is 5.11 Å².